The third-order valence-electron chi connectivity index (χ3n) is 4.17. The second-order valence-electron chi connectivity index (χ2n) is 5.69. The number of hydrogen-bond donors (Lipinski definition) is 2. The Bertz CT molecular complexity index is 536. The molecule has 0 heterocycles. The molecule has 1 aromatic carbocycles. The van der Waals surface area contributed by atoms with Crippen LogP contribution in [0.4, 0.5) is 4.39 Å². The van der Waals surface area contributed by atoms with Crippen LogP contribution in [0.5, 0.6) is 0 Å². The summed E-state index contributed by atoms with van der Waals surface area (Å²) >= 11 is 0. The van der Waals surface area contributed by atoms with Crippen molar-refractivity contribution in [2.24, 2.45) is 11.8 Å². The lowest BCUT2D eigenvalue weighted by molar-refractivity contribution is -0.143. The van der Waals surface area contributed by atoms with Crippen molar-refractivity contribution in [3.63, 3.8) is 0 Å². The highest BCUT2D eigenvalue weighted by atomic mass is 19.1. The van der Waals surface area contributed by atoms with Crippen molar-refractivity contribution >= 4 is 11.9 Å². The second-order valence-corrected chi connectivity index (χ2v) is 5.69. The molecule has 5 heteroatoms. The maximum atomic E-state index is 13.6. The molecule has 1 fully saturated rings. The van der Waals surface area contributed by atoms with E-state index in [-0.39, 0.29) is 11.8 Å². The van der Waals surface area contributed by atoms with Gasteiger partial charge in [-0.05, 0) is 61.8 Å². The van der Waals surface area contributed by atoms with Crippen LogP contribution in [-0.4, -0.2) is 24.0 Å². The number of aliphatic carboxylic acids is 1. The molecule has 1 saturated carbocycles. The second kappa shape index (κ2) is 6.70. The lowest BCUT2D eigenvalue weighted by Gasteiger charge is -2.26. The minimum Gasteiger partial charge on any atom is -0.481 e. The van der Waals surface area contributed by atoms with Crippen LogP contribution < -0.4 is 5.32 Å². The fraction of sp³-hybridized carbons (Fsp3) is 0.500. The average molecular weight is 293 g/mol. The molecule has 0 bridgehead atoms. The van der Waals surface area contributed by atoms with Crippen LogP contribution in [0.2, 0.25) is 0 Å². The minimum absolute atomic E-state index is 0.241. The SMILES string of the molecule is CNC(=O)c1cc(F)cc(C[C@H]2CC[C@H](C(=O)O)CC2)c1. The first kappa shape index (κ1) is 15.5. The van der Waals surface area contributed by atoms with Gasteiger partial charge in [-0.2, -0.15) is 0 Å². The minimum atomic E-state index is -0.721. The van der Waals surface area contributed by atoms with Crippen molar-refractivity contribution in [3.8, 4) is 0 Å². The molecule has 1 aliphatic rings. The number of nitrogens with one attached hydrogen (secondary N) is 1. The molecule has 21 heavy (non-hydrogen) atoms. The summed E-state index contributed by atoms with van der Waals surface area (Å²) in [6.07, 6.45) is 3.72. The quantitative estimate of drug-likeness (QED) is 0.896. The first-order valence-corrected chi connectivity index (χ1v) is 7.24. The summed E-state index contributed by atoms with van der Waals surface area (Å²) in [4.78, 5) is 22.5. The van der Waals surface area contributed by atoms with E-state index < -0.39 is 11.8 Å². The van der Waals surface area contributed by atoms with Crippen molar-refractivity contribution in [2.45, 2.75) is 32.1 Å². The van der Waals surface area contributed by atoms with Crippen LogP contribution in [0.15, 0.2) is 18.2 Å². The molecule has 4 nitrogen and oxygen atoms in total. The van der Waals surface area contributed by atoms with Gasteiger partial charge in [0, 0.05) is 12.6 Å². The molecular formula is C16H20FNO3. The number of halogens is 1. The summed E-state index contributed by atoms with van der Waals surface area (Å²) in [7, 11) is 1.51. The normalized spacial score (nSPS) is 21.8. The first-order valence-electron chi connectivity index (χ1n) is 7.24. The van der Waals surface area contributed by atoms with Crippen molar-refractivity contribution in [3.05, 3.63) is 35.1 Å². The number of benzene rings is 1. The Kier molecular flexibility index (Phi) is 4.94. The number of hydrogen-bond acceptors (Lipinski definition) is 2. The monoisotopic (exact) mass is 293 g/mol. The molecule has 1 aliphatic carbocycles. The van der Waals surface area contributed by atoms with Crippen LogP contribution in [0, 0.1) is 17.7 Å². The van der Waals surface area contributed by atoms with Crippen molar-refractivity contribution in [1.29, 1.82) is 0 Å². The van der Waals surface area contributed by atoms with Gasteiger partial charge in [0.05, 0.1) is 5.92 Å². The number of amides is 1. The van der Waals surface area contributed by atoms with Gasteiger partial charge in [-0.25, -0.2) is 4.39 Å². The van der Waals surface area contributed by atoms with E-state index in [1.807, 2.05) is 0 Å². The third-order valence-corrected chi connectivity index (χ3v) is 4.17. The molecular weight excluding hydrogens is 273 g/mol. The van der Waals surface area contributed by atoms with Crippen LogP contribution in [-0.2, 0) is 11.2 Å². The van der Waals surface area contributed by atoms with Gasteiger partial charge in [-0.3, -0.25) is 9.59 Å². The van der Waals surface area contributed by atoms with Crippen LogP contribution in [0.1, 0.15) is 41.6 Å². The van der Waals surface area contributed by atoms with Gasteiger partial charge in [0.2, 0.25) is 0 Å². The fourth-order valence-electron chi connectivity index (χ4n) is 2.99. The highest BCUT2D eigenvalue weighted by Crippen LogP contribution is 2.31. The van der Waals surface area contributed by atoms with E-state index in [0.717, 1.165) is 18.4 Å². The molecule has 0 radical (unpaired) electrons. The number of carboxylic acid groups (broad SMARTS) is 1. The van der Waals surface area contributed by atoms with E-state index in [1.165, 1.54) is 19.2 Å². The highest BCUT2D eigenvalue weighted by Gasteiger charge is 2.26. The lowest BCUT2D eigenvalue weighted by Crippen LogP contribution is -2.22. The molecule has 0 aromatic heterocycles. The summed E-state index contributed by atoms with van der Waals surface area (Å²) in [6, 6.07) is 4.39. The molecule has 0 atom stereocenters. The van der Waals surface area contributed by atoms with Crippen molar-refractivity contribution in [2.75, 3.05) is 7.05 Å². The van der Waals surface area contributed by atoms with Crippen LogP contribution >= 0.6 is 0 Å². The molecule has 2 N–H and O–H groups in total. The predicted molar refractivity (Wildman–Crippen MR) is 76.6 cm³/mol. The molecule has 0 unspecified atom stereocenters. The zero-order chi connectivity index (χ0) is 15.4. The van der Waals surface area contributed by atoms with Gasteiger partial charge in [-0.15, -0.1) is 0 Å². The molecule has 1 aromatic rings. The first-order chi connectivity index (χ1) is 9.99. The van der Waals surface area contributed by atoms with E-state index in [4.69, 9.17) is 5.11 Å². The summed E-state index contributed by atoms with van der Waals surface area (Å²) in [5.41, 5.74) is 1.12. The zero-order valence-electron chi connectivity index (χ0n) is 12.1. The molecule has 0 saturated heterocycles. The lowest BCUT2D eigenvalue weighted by atomic mass is 9.79. The summed E-state index contributed by atoms with van der Waals surface area (Å²) in [5, 5.41) is 11.5. The molecule has 1 amide bonds. The van der Waals surface area contributed by atoms with Crippen molar-refractivity contribution in [1.82, 2.24) is 5.32 Å². The smallest absolute Gasteiger partial charge is 0.306 e. The molecule has 0 aliphatic heterocycles. The Morgan fingerprint density at radius 1 is 1.24 bits per heavy atom. The van der Waals surface area contributed by atoms with E-state index in [1.54, 1.807) is 6.07 Å². The van der Waals surface area contributed by atoms with Gasteiger partial charge in [0.15, 0.2) is 0 Å². The van der Waals surface area contributed by atoms with E-state index in [9.17, 15) is 14.0 Å². The number of carbonyl (C=O) groups is 2. The van der Waals surface area contributed by atoms with Gasteiger partial charge >= 0.3 is 5.97 Å². The molecule has 0 spiro atoms. The molecule has 2 rings (SSSR count). The van der Waals surface area contributed by atoms with E-state index in [0.29, 0.717) is 30.7 Å². The predicted octanol–water partition coefficient (Wildman–Crippen LogP) is 2.62. The zero-order valence-corrected chi connectivity index (χ0v) is 12.1. The van der Waals surface area contributed by atoms with Crippen molar-refractivity contribution < 1.29 is 19.1 Å². The molecule has 114 valence electrons. The Hall–Kier alpha value is -1.91. The standard InChI is InChI=1S/C16H20FNO3/c1-18-15(19)13-7-11(8-14(17)9-13)6-10-2-4-12(5-3-10)16(20)21/h7-10,12H,2-6H2,1H3,(H,18,19)(H,20,21)/t10-,12-. The third kappa shape index (κ3) is 4.03. The maximum Gasteiger partial charge on any atom is 0.306 e. The maximum absolute atomic E-state index is 13.6. The number of rotatable bonds is 4. The summed E-state index contributed by atoms with van der Waals surface area (Å²) in [5.74, 6) is -1.31. The average Bonchev–Trinajstić information content (AvgIpc) is 2.46. The summed E-state index contributed by atoms with van der Waals surface area (Å²) < 4.78 is 13.6. The van der Waals surface area contributed by atoms with Gasteiger partial charge in [-0.1, -0.05) is 0 Å². The topological polar surface area (TPSA) is 66.4 Å². The number of carbonyl (C=O) groups excluding carboxylic acids is 1. The van der Waals surface area contributed by atoms with Gasteiger partial charge < -0.3 is 10.4 Å². The largest absolute Gasteiger partial charge is 0.481 e. The van der Waals surface area contributed by atoms with Crippen LogP contribution in [0.25, 0.3) is 0 Å². The Labute approximate surface area is 123 Å². The fourth-order valence-corrected chi connectivity index (χ4v) is 2.99. The van der Waals surface area contributed by atoms with E-state index >= 15 is 0 Å². The Balaban J connectivity index is 2.02. The van der Waals surface area contributed by atoms with Gasteiger partial charge in [0.1, 0.15) is 5.82 Å². The summed E-state index contributed by atoms with van der Waals surface area (Å²) in [6.45, 7) is 0. The number of carboxylic acids is 1. The Morgan fingerprint density at radius 3 is 2.48 bits per heavy atom. The Morgan fingerprint density at radius 2 is 1.90 bits per heavy atom. The van der Waals surface area contributed by atoms with Gasteiger partial charge in [0.25, 0.3) is 5.91 Å². The highest BCUT2D eigenvalue weighted by molar-refractivity contribution is 5.94. The van der Waals surface area contributed by atoms with Crippen LogP contribution in [0.3, 0.4) is 0 Å². The van der Waals surface area contributed by atoms with E-state index in [2.05, 4.69) is 5.32 Å².